The Hall–Kier alpha value is -2.76. The number of nitrogens with zero attached hydrogens (tertiary/aromatic N) is 2. The van der Waals surface area contributed by atoms with Crippen molar-refractivity contribution in [3.05, 3.63) is 35.9 Å². The summed E-state index contributed by atoms with van der Waals surface area (Å²) in [5, 5.41) is 2.99. The molecule has 0 unspecified atom stereocenters. The van der Waals surface area contributed by atoms with Crippen LogP contribution >= 0.6 is 0 Å². The van der Waals surface area contributed by atoms with Crippen LogP contribution in [-0.4, -0.2) is 29.8 Å². The van der Waals surface area contributed by atoms with Crippen LogP contribution in [0.15, 0.2) is 30.3 Å². The molecule has 1 aromatic heterocycles. The lowest BCUT2D eigenvalue weighted by Crippen LogP contribution is -2.49. The fourth-order valence-electron chi connectivity index (χ4n) is 2.20. The normalized spacial score (nSPS) is 15.3. The van der Waals surface area contributed by atoms with Gasteiger partial charge in [-0.3, -0.25) is 19.8 Å². The number of anilines is 1. The standard InChI is InChI=1S/C14H11N3O3/c18-8-9-2-1-3-11-10(9)4-5-12(15-11)17-7-6-13(19)16-14(17)20/h1-5,8H,6-7H2,(H,16,19,20). The zero-order valence-corrected chi connectivity index (χ0v) is 10.5. The van der Waals surface area contributed by atoms with Crippen LogP contribution in [0.25, 0.3) is 10.9 Å². The molecule has 1 aromatic carbocycles. The lowest BCUT2D eigenvalue weighted by Gasteiger charge is -2.25. The number of fused-ring (bicyclic) bond motifs is 1. The Balaban J connectivity index is 2.03. The first kappa shape index (κ1) is 12.3. The maximum atomic E-state index is 11.8. The summed E-state index contributed by atoms with van der Waals surface area (Å²) in [6.07, 6.45) is 1.02. The quantitative estimate of drug-likeness (QED) is 0.838. The van der Waals surface area contributed by atoms with Gasteiger partial charge in [0.05, 0.1) is 5.52 Å². The summed E-state index contributed by atoms with van der Waals surface area (Å²) < 4.78 is 0. The van der Waals surface area contributed by atoms with Gasteiger partial charge < -0.3 is 0 Å². The van der Waals surface area contributed by atoms with E-state index in [4.69, 9.17) is 0 Å². The molecule has 2 heterocycles. The van der Waals surface area contributed by atoms with Crippen LogP contribution in [0.2, 0.25) is 0 Å². The summed E-state index contributed by atoms with van der Waals surface area (Å²) >= 11 is 0. The summed E-state index contributed by atoms with van der Waals surface area (Å²) in [6.45, 7) is 0.302. The van der Waals surface area contributed by atoms with E-state index in [2.05, 4.69) is 10.3 Å². The average molecular weight is 269 g/mol. The molecule has 1 N–H and O–H groups in total. The van der Waals surface area contributed by atoms with E-state index in [1.165, 1.54) is 4.90 Å². The Morgan fingerprint density at radius 2 is 2.05 bits per heavy atom. The van der Waals surface area contributed by atoms with E-state index < -0.39 is 6.03 Å². The zero-order valence-electron chi connectivity index (χ0n) is 10.5. The number of urea groups is 1. The topological polar surface area (TPSA) is 79.4 Å². The molecular weight excluding hydrogens is 258 g/mol. The van der Waals surface area contributed by atoms with E-state index in [0.717, 1.165) is 11.7 Å². The van der Waals surface area contributed by atoms with Gasteiger partial charge in [-0.2, -0.15) is 0 Å². The van der Waals surface area contributed by atoms with Crippen molar-refractivity contribution in [2.75, 3.05) is 11.4 Å². The van der Waals surface area contributed by atoms with Crippen LogP contribution in [0.3, 0.4) is 0 Å². The maximum Gasteiger partial charge on any atom is 0.329 e. The number of benzene rings is 1. The fourth-order valence-corrected chi connectivity index (χ4v) is 2.20. The first-order valence-corrected chi connectivity index (χ1v) is 6.15. The second-order valence-corrected chi connectivity index (χ2v) is 4.46. The van der Waals surface area contributed by atoms with Gasteiger partial charge in [-0.1, -0.05) is 12.1 Å². The van der Waals surface area contributed by atoms with Crippen LogP contribution in [0, 0.1) is 0 Å². The first-order valence-electron chi connectivity index (χ1n) is 6.15. The monoisotopic (exact) mass is 269 g/mol. The third-order valence-corrected chi connectivity index (χ3v) is 3.21. The number of aldehydes is 1. The Kier molecular flexibility index (Phi) is 2.90. The molecule has 0 spiro atoms. The van der Waals surface area contributed by atoms with Gasteiger partial charge in [0.25, 0.3) is 0 Å². The fraction of sp³-hybridized carbons (Fsp3) is 0.143. The zero-order chi connectivity index (χ0) is 14.1. The molecule has 0 saturated carbocycles. The highest BCUT2D eigenvalue weighted by Crippen LogP contribution is 2.21. The first-order chi connectivity index (χ1) is 9.69. The predicted octanol–water partition coefficient (Wildman–Crippen LogP) is 1.49. The highest BCUT2D eigenvalue weighted by molar-refractivity contribution is 6.06. The van der Waals surface area contributed by atoms with Crippen LogP contribution in [-0.2, 0) is 4.79 Å². The molecule has 0 atom stereocenters. The minimum Gasteiger partial charge on any atom is -0.298 e. The molecule has 0 bridgehead atoms. The number of pyridine rings is 1. The maximum absolute atomic E-state index is 11.8. The third kappa shape index (κ3) is 2.01. The highest BCUT2D eigenvalue weighted by Gasteiger charge is 2.25. The number of imide groups is 1. The van der Waals surface area contributed by atoms with Gasteiger partial charge in [0.2, 0.25) is 5.91 Å². The Morgan fingerprint density at radius 1 is 1.20 bits per heavy atom. The Labute approximate surface area is 114 Å². The SMILES string of the molecule is O=Cc1cccc2nc(N3CCC(=O)NC3=O)ccc12. The lowest BCUT2D eigenvalue weighted by molar-refractivity contribution is -0.120. The van der Waals surface area contributed by atoms with Gasteiger partial charge in [0.1, 0.15) is 5.82 Å². The van der Waals surface area contributed by atoms with Crippen molar-refractivity contribution in [1.29, 1.82) is 0 Å². The van der Waals surface area contributed by atoms with Gasteiger partial charge >= 0.3 is 6.03 Å². The molecular formula is C14H11N3O3. The number of carbonyl (C=O) groups is 3. The number of hydrogen-bond donors (Lipinski definition) is 1. The molecule has 1 fully saturated rings. The second kappa shape index (κ2) is 4.73. The molecule has 20 heavy (non-hydrogen) atoms. The van der Waals surface area contributed by atoms with Gasteiger partial charge in [-0.15, -0.1) is 0 Å². The second-order valence-electron chi connectivity index (χ2n) is 4.46. The molecule has 0 aliphatic carbocycles. The van der Waals surface area contributed by atoms with Crippen LogP contribution in [0.4, 0.5) is 10.6 Å². The number of hydrogen-bond acceptors (Lipinski definition) is 4. The number of rotatable bonds is 2. The van der Waals surface area contributed by atoms with E-state index >= 15 is 0 Å². The van der Waals surface area contributed by atoms with E-state index in [1.807, 2.05) is 0 Å². The van der Waals surface area contributed by atoms with Crippen molar-refractivity contribution in [1.82, 2.24) is 10.3 Å². The minimum absolute atomic E-state index is 0.250. The predicted molar refractivity (Wildman–Crippen MR) is 72.6 cm³/mol. The van der Waals surface area contributed by atoms with Crippen LogP contribution in [0.1, 0.15) is 16.8 Å². The summed E-state index contributed by atoms with van der Waals surface area (Å²) in [4.78, 5) is 39.6. The lowest BCUT2D eigenvalue weighted by atomic mass is 10.1. The number of aromatic nitrogens is 1. The molecule has 1 aliphatic heterocycles. The van der Waals surface area contributed by atoms with Crippen molar-refractivity contribution in [2.45, 2.75) is 6.42 Å². The highest BCUT2D eigenvalue weighted by atomic mass is 16.2. The summed E-state index contributed by atoms with van der Waals surface area (Å²) in [6, 6.07) is 8.18. The third-order valence-electron chi connectivity index (χ3n) is 3.21. The van der Waals surface area contributed by atoms with Crippen molar-refractivity contribution < 1.29 is 14.4 Å². The summed E-state index contributed by atoms with van der Waals surface area (Å²) in [5.41, 5.74) is 1.19. The molecule has 1 aliphatic rings. The molecule has 2 aromatic rings. The van der Waals surface area contributed by atoms with Crippen molar-refractivity contribution in [3.63, 3.8) is 0 Å². The number of amides is 3. The molecule has 6 nitrogen and oxygen atoms in total. The van der Waals surface area contributed by atoms with Crippen molar-refractivity contribution in [2.24, 2.45) is 0 Å². The number of nitrogens with one attached hydrogen (secondary N) is 1. The van der Waals surface area contributed by atoms with E-state index in [9.17, 15) is 14.4 Å². The molecule has 1 saturated heterocycles. The molecule has 3 amide bonds. The molecule has 3 rings (SSSR count). The van der Waals surface area contributed by atoms with Crippen molar-refractivity contribution in [3.8, 4) is 0 Å². The van der Waals surface area contributed by atoms with Gasteiger partial charge in [-0.25, -0.2) is 9.78 Å². The molecule has 6 heteroatoms. The smallest absolute Gasteiger partial charge is 0.298 e. The average Bonchev–Trinajstić information content (AvgIpc) is 2.46. The largest absolute Gasteiger partial charge is 0.329 e. The van der Waals surface area contributed by atoms with Crippen molar-refractivity contribution >= 4 is 34.9 Å². The van der Waals surface area contributed by atoms with Gasteiger partial charge in [-0.05, 0) is 18.2 Å². The van der Waals surface area contributed by atoms with Gasteiger partial charge in [0.15, 0.2) is 6.29 Å². The number of carbonyl (C=O) groups excluding carboxylic acids is 3. The Bertz CT molecular complexity index is 727. The molecule has 100 valence electrons. The molecule has 0 radical (unpaired) electrons. The summed E-state index contributed by atoms with van der Waals surface area (Å²) in [7, 11) is 0. The summed E-state index contributed by atoms with van der Waals surface area (Å²) in [5.74, 6) is 0.181. The van der Waals surface area contributed by atoms with Gasteiger partial charge in [0, 0.05) is 23.9 Å². The van der Waals surface area contributed by atoms with Crippen LogP contribution < -0.4 is 10.2 Å². The van der Waals surface area contributed by atoms with E-state index in [-0.39, 0.29) is 12.3 Å². The minimum atomic E-state index is -0.473. The van der Waals surface area contributed by atoms with E-state index in [1.54, 1.807) is 30.3 Å². The Morgan fingerprint density at radius 3 is 2.80 bits per heavy atom. The van der Waals surface area contributed by atoms with Crippen LogP contribution in [0.5, 0.6) is 0 Å². The van der Waals surface area contributed by atoms with E-state index in [0.29, 0.717) is 23.4 Å².